The zero-order valence-electron chi connectivity index (χ0n) is 12.6. The van der Waals surface area contributed by atoms with Gasteiger partial charge in [0.05, 0.1) is 19.1 Å². The van der Waals surface area contributed by atoms with Crippen molar-refractivity contribution in [3.05, 3.63) is 59.6 Å². The Kier molecular flexibility index (Phi) is 4.09. The van der Waals surface area contributed by atoms with Gasteiger partial charge in [0.25, 0.3) is 0 Å². The van der Waals surface area contributed by atoms with Gasteiger partial charge >= 0.3 is 6.09 Å². The number of anilines is 1. The molecular weight excluding hydrogens is 317 g/mol. The smallest absolute Gasteiger partial charge is 0.409 e. The lowest BCUT2D eigenvalue weighted by atomic mass is 9.99. The van der Waals surface area contributed by atoms with Crippen molar-refractivity contribution >= 4 is 22.7 Å². The number of hydrogen-bond donors (Lipinski definition) is 3. The Morgan fingerprint density at radius 2 is 2.04 bits per heavy atom. The molecule has 0 fully saturated rings. The van der Waals surface area contributed by atoms with Crippen LogP contribution in [-0.4, -0.2) is 23.4 Å². The van der Waals surface area contributed by atoms with Crippen LogP contribution in [-0.2, 0) is 0 Å². The number of methoxy groups -OCH3 is 1. The molecule has 124 valence electrons. The van der Waals surface area contributed by atoms with Gasteiger partial charge in [-0.25, -0.2) is 9.18 Å². The van der Waals surface area contributed by atoms with Crippen LogP contribution in [0.1, 0.15) is 17.2 Å². The van der Waals surface area contributed by atoms with E-state index < -0.39 is 18.0 Å². The second-order valence-corrected chi connectivity index (χ2v) is 5.09. The molecule has 0 aliphatic heterocycles. The molecule has 0 aliphatic rings. The third-order valence-corrected chi connectivity index (χ3v) is 3.66. The van der Waals surface area contributed by atoms with Gasteiger partial charge < -0.3 is 19.4 Å². The maximum Gasteiger partial charge on any atom is 0.409 e. The Bertz CT molecular complexity index is 905. The van der Waals surface area contributed by atoms with Gasteiger partial charge in [-0.2, -0.15) is 0 Å². The second kappa shape index (κ2) is 6.21. The zero-order valence-corrected chi connectivity index (χ0v) is 12.6. The molecule has 6 nitrogen and oxygen atoms in total. The van der Waals surface area contributed by atoms with E-state index in [2.05, 4.69) is 0 Å². The molecular formula is C17H14FNO5. The number of carbonyl (C=O) groups is 1. The molecule has 1 amide bonds. The molecule has 3 rings (SSSR count). The third kappa shape index (κ3) is 2.77. The van der Waals surface area contributed by atoms with Crippen molar-refractivity contribution in [3.63, 3.8) is 0 Å². The van der Waals surface area contributed by atoms with Gasteiger partial charge in [-0.05, 0) is 12.1 Å². The lowest BCUT2D eigenvalue weighted by Gasteiger charge is -2.16. The molecule has 0 aliphatic carbocycles. The van der Waals surface area contributed by atoms with Crippen LogP contribution in [0.2, 0.25) is 0 Å². The molecule has 24 heavy (non-hydrogen) atoms. The Balaban J connectivity index is 2.11. The second-order valence-electron chi connectivity index (χ2n) is 5.09. The number of hydrogen-bond acceptors (Lipinski definition) is 4. The standard InChI is InChI=1S/C17H14FNO5/c1-23-15-7-12(18)13(19-17(21)22)6-10(15)16(20)11-8-24-14-5-3-2-4-9(11)14/h2-8,16,19-20H,1H3,(H,21,22). The Labute approximate surface area is 136 Å². The van der Waals surface area contributed by atoms with Crippen molar-refractivity contribution in [3.8, 4) is 5.75 Å². The average molecular weight is 331 g/mol. The fourth-order valence-electron chi connectivity index (χ4n) is 2.55. The maximum atomic E-state index is 13.9. The number of carboxylic acid groups (broad SMARTS) is 1. The highest BCUT2D eigenvalue weighted by molar-refractivity contribution is 5.84. The summed E-state index contributed by atoms with van der Waals surface area (Å²) in [6, 6.07) is 9.36. The van der Waals surface area contributed by atoms with Crippen molar-refractivity contribution in [1.29, 1.82) is 0 Å². The van der Waals surface area contributed by atoms with Crippen LogP contribution < -0.4 is 10.1 Å². The van der Waals surface area contributed by atoms with Crippen LogP contribution in [0, 0.1) is 5.82 Å². The van der Waals surface area contributed by atoms with Gasteiger partial charge in [-0.3, -0.25) is 5.32 Å². The lowest BCUT2D eigenvalue weighted by molar-refractivity contribution is 0.209. The summed E-state index contributed by atoms with van der Waals surface area (Å²) < 4.78 is 24.4. The normalized spacial score (nSPS) is 12.1. The van der Waals surface area contributed by atoms with Crippen LogP contribution in [0.5, 0.6) is 5.75 Å². The predicted molar refractivity (Wildman–Crippen MR) is 84.9 cm³/mol. The number of rotatable bonds is 4. The third-order valence-electron chi connectivity index (χ3n) is 3.66. The van der Waals surface area contributed by atoms with E-state index in [-0.39, 0.29) is 17.0 Å². The van der Waals surface area contributed by atoms with E-state index in [1.54, 1.807) is 24.3 Å². The van der Waals surface area contributed by atoms with E-state index in [0.717, 1.165) is 6.07 Å². The van der Waals surface area contributed by atoms with Gasteiger partial charge in [0.2, 0.25) is 0 Å². The Morgan fingerprint density at radius 3 is 2.75 bits per heavy atom. The van der Waals surface area contributed by atoms with Crippen LogP contribution in [0.4, 0.5) is 14.9 Å². The number of para-hydroxylation sites is 1. The van der Waals surface area contributed by atoms with E-state index in [4.69, 9.17) is 14.3 Å². The number of aliphatic hydroxyl groups is 1. The van der Waals surface area contributed by atoms with Gasteiger partial charge in [-0.1, -0.05) is 18.2 Å². The largest absolute Gasteiger partial charge is 0.496 e. The monoisotopic (exact) mass is 331 g/mol. The number of fused-ring (bicyclic) bond motifs is 1. The van der Waals surface area contributed by atoms with Crippen molar-refractivity contribution < 1.29 is 28.6 Å². The van der Waals surface area contributed by atoms with Crippen LogP contribution in [0.3, 0.4) is 0 Å². The summed E-state index contributed by atoms with van der Waals surface area (Å²) in [5.41, 5.74) is 1.01. The highest BCUT2D eigenvalue weighted by atomic mass is 19.1. The maximum absolute atomic E-state index is 13.9. The summed E-state index contributed by atoms with van der Waals surface area (Å²) in [5, 5.41) is 22.1. The summed E-state index contributed by atoms with van der Waals surface area (Å²) in [6.07, 6.45) is -1.19. The van der Waals surface area contributed by atoms with Crippen molar-refractivity contribution in [2.24, 2.45) is 0 Å². The van der Waals surface area contributed by atoms with Gasteiger partial charge in [-0.15, -0.1) is 0 Å². The molecule has 7 heteroatoms. The minimum Gasteiger partial charge on any atom is -0.496 e. The van der Waals surface area contributed by atoms with E-state index in [9.17, 15) is 14.3 Å². The van der Waals surface area contributed by atoms with Crippen molar-refractivity contribution in [2.45, 2.75) is 6.10 Å². The van der Waals surface area contributed by atoms with Gasteiger partial charge in [0, 0.05) is 22.6 Å². The molecule has 0 radical (unpaired) electrons. The molecule has 1 atom stereocenters. The topological polar surface area (TPSA) is 91.9 Å². The molecule has 1 heterocycles. The number of ether oxygens (including phenoxy) is 1. The average Bonchev–Trinajstić information content (AvgIpc) is 2.99. The molecule has 1 aromatic heterocycles. The van der Waals surface area contributed by atoms with Crippen molar-refractivity contribution in [2.75, 3.05) is 12.4 Å². The van der Waals surface area contributed by atoms with Crippen molar-refractivity contribution in [1.82, 2.24) is 0 Å². The fourth-order valence-corrected chi connectivity index (χ4v) is 2.55. The summed E-state index contributed by atoms with van der Waals surface area (Å²) >= 11 is 0. The minimum absolute atomic E-state index is 0.0984. The first-order valence-electron chi connectivity index (χ1n) is 7.03. The Hall–Kier alpha value is -3.06. The summed E-state index contributed by atoms with van der Waals surface area (Å²) in [5.74, 6) is -0.705. The highest BCUT2D eigenvalue weighted by Crippen LogP contribution is 2.37. The summed E-state index contributed by atoms with van der Waals surface area (Å²) in [6.45, 7) is 0. The van der Waals surface area contributed by atoms with E-state index in [1.807, 2.05) is 5.32 Å². The number of furan rings is 1. The van der Waals surface area contributed by atoms with E-state index >= 15 is 0 Å². The first-order valence-corrected chi connectivity index (χ1v) is 7.03. The number of halogens is 1. The predicted octanol–water partition coefficient (Wildman–Crippen LogP) is 3.75. The number of benzene rings is 2. The molecule has 0 spiro atoms. The van der Waals surface area contributed by atoms with E-state index in [1.165, 1.54) is 19.4 Å². The summed E-state index contributed by atoms with van der Waals surface area (Å²) in [4.78, 5) is 10.8. The molecule has 3 N–H and O–H groups in total. The quantitative estimate of drug-likeness (QED) is 0.677. The van der Waals surface area contributed by atoms with Crippen LogP contribution in [0.25, 0.3) is 11.0 Å². The lowest BCUT2D eigenvalue weighted by Crippen LogP contribution is -2.11. The number of nitrogens with one attached hydrogen (secondary N) is 1. The first kappa shape index (κ1) is 15.8. The van der Waals surface area contributed by atoms with E-state index in [0.29, 0.717) is 16.5 Å². The zero-order chi connectivity index (χ0) is 17.3. The van der Waals surface area contributed by atoms with Crippen LogP contribution in [0.15, 0.2) is 47.1 Å². The minimum atomic E-state index is -1.41. The molecule has 0 saturated carbocycles. The molecule has 0 bridgehead atoms. The number of aliphatic hydroxyl groups excluding tert-OH is 1. The SMILES string of the molecule is COc1cc(F)c(NC(=O)O)cc1C(O)c1coc2ccccc12. The highest BCUT2D eigenvalue weighted by Gasteiger charge is 2.22. The molecule has 2 aromatic carbocycles. The molecule has 1 unspecified atom stereocenters. The van der Waals surface area contributed by atoms with Gasteiger partial charge in [0.15, 0.2) is 5.82 Å². The molecule has 0 saturated heterocycles. The first-order chi connectivity index (χ1) is 11.5. The van der Waals surface area contributed by atoms with Crippen LogP contribution >= 0.6 is 0 Å². The summed E-state index contributed by atoms with van der Waals surface area (Å²) in [7, 11) is 1.34. The molecule has 3 aromatic rings. The number of amides is 1. The Morgan fingerprint density at radius 1 is 1.29 bits per heavy atom. The fraction of sp³-hybridized carbons (Fsp3) is 0.118. The van der Waals surface area contributed by atoms with Gasteiger partial charge in [0.1, 0.15) is 17.4 Å².